The highest BCUT2D eigenvalue weighted by atomic mass is 16.4. The number of carboxylic acid groups (broad SMARTS) is 1. The molecule has 0 heterocycles. The van der Waals surface area contributed by atoms with Crippen LogP contribution in [-0.4, -0.2) is 29.6 Å². The van der Waals surface area contributed by atoms with Gasteiger partial charge >= 0.3 is 5.97 Å². The molecule has 1 rings (SSSR count). The van der Waals surface area contributed by atoms with Crippen molar-refractivity contribution < 1.29 is 14.7 Å². The number of anilines is 1. The predicted molar refractivity (Wildman–Crippen MR) is 65.2 cm³/mol. The number of benzene rings is 1. The fourth-order valence-electron chi connectivity index (χ4n) is 1.17. The van der Waals surface area contributed by atoms with E-state index in [0.29, 0.717) is 5.69 Å². The highest BCUT2D eigenvalue weighted by Crippen LogP contribution is 2.16. The number of hydrogen-bond acceptors (Lipinski definition) is 3. The van der Waals surface area contributed by atoms with E-state index in [4.69, 9.17) is 5.11 Å². The van der Waals surface area contributed by atoms with Crippen LogP contribution in [0.4, 0.5) is 5.69 Å². The Balaban J connectivity index is 2.97. The van der Waals surface area contributed by atoms with Crippen molar-refractivity contribution in [2.24, 2.45) is 0 Å². The Hall–Kier alpha value is -1.88. The van der Waals surface area contributed by atoms with E-state index in [9.17, 15) is 9.59 Å². The average molecular weight is 236 g/mol. The Kier molecular flexibility index (Phi) is 3.85. The van der Waals surface area contributed by atoms with Crippen LogP contribution in [0.15, 0.2) is 24.3 Å². The molecule has 0 saturated heterocycles. The van der Waals surface area contributed by atoms with Gasteiger partial charge < -0.3 is 15.7 Å². The summed E-state index contributed by atoms with van der Waals surface area (Å²) in [6.07, 6.45) is 0. The van der Waals surface area contributed by atoms with Crippen LogP contribution >= 0.6 is 0 Å². The Morgan fingerprint density at radius 2 is 1.82 bits per heavy atom. The fraction of sp³-hybridized carbons (Fsp3) is 0.333. The maximum absolute atomic E-state index is 11.9. The lowest BCUT2D eigenvalue weighted by molar-refractivity contribution is -0.121. The first-order valence-corrected chi connectivity index (χ1v) is 5.21. The SMILES string of the molecule is CNC(C)(C)C(=O)Nc1ccccc1C(=O)O. The number of nitrogens with one attached hydrogen (secondary N) is 2. The maximum atomic E-state index is 11.9. The number of carbonyl (C=O) groups excluding carboxylic acids is 1. The van der Waals surface area contributed by atoms with Gasteiger partial charge in [0.15, 0.2) is 0 Å². The lowest BCUT2D eigenvalue weighted by Crippen LogP contribution is -2.48. The third kappa shape index (κ3) is 3.04. The number of rotatable bonds is 4. The molecular formula is C12H16N2O3. The van der Waals surface area contributed by atoms with Crippen molar-refractivity contribution in [3.8, 4) is 0 Å². The Morgan fingerprint density at radius 3 is 2.35 bits per heavy atom. The Bertz CT molecular complexity index is 441. The molecule has 0 aliphatic carbocycles. The number of carboxylic acids is 1. The third-order valence-corrected chi connectivity index (χ3v) is 2.60. The fourth-order valence-corrected chi connectivity index (χ4v) is 1.17. The van der Waals surface area contributed by atoms with Crippen LogP contribution in [0.3, 0.4) is 0 Å². The second-order valence-electron chi connectivity index (χ2n) is 4.18. The highest BCUT2D eigenvalue weighted by molar-refractivity contribution is 6.03. The molecule has 0 atom stereocenters. The van der Waals surface area contributed by atoms with E-state index in [-0.39, 0.29) is 11.5 Å². The van der Waals surface area contributed by atoms with Crippen LogP contribution < -0.4 is 10.6 Å². The topological polar surface area (TPSA) is 78.4 Å². The van der Waals surface area contributed by atoms with Crippen molar-refractivity contribution in [1.29, 1.82) is 0 Å². The minimum Gasteiger partial charge on any atom is -0.478 e. The van der Waals surface area contributed by atoms with Crippen molar-refractivity contribution in [2.75, 3.05) is 12.4 Å². The summed E-state index contributed by atoms with van der Waals surface area (Å²) in [5, 5.41) is 14.4. The Labute approximate surface area is 99.8 Å². The third-order valence-electron chi connectivity index (χ3n) is 2.60. The number of likely N-dealkylation sites (N-methyl/N-ethyl adjacent to an activating group) is 1. The molecule has 0 fully saturated rings. The number of hydrogen-bond donors (Lipinski definition) is 3. The van der Waals surface area contributed by atoms with E-state index in [1.165, 1.54) is 6.07 Å². The average Bonchev–Trinajstić information content (AvgIpc) is 2.29. The summed E-state index contributed by atoms with van der Waals surface area (Å²) in [5.41, 5.74) is -0.382. The van der Waals surface area contributed by atoms with Crippen LogP contribution in [0.5, 0.6) is 0 Å². The van der Waals surface area contributed by atoms with Gasteiger partial charge in [-0.2, -0.15) is 0 Å². The van der Waals surface area contributed by atoms with Gasteiger partial charge in [-0.3, -0.25) is 4.79 Å². The quantitative estimate of drug-likeness (QED) is 0.736. The van der Waals surface area contributed by atoms with Crippen LogP contribution in [0, 0.1) is 0 Å². The second-order valence-corrected chi connectivity index (χ2v) is 4.18. The molecule has 3 N–H and O–H groups in total. The van der Waals surface area contributed by atoms with Crippen molar-refractivity contribution in [3.05, 3.63) is 29.8 Å². The first-order valence-electron chi connectivity index (χ1n) is 5.21. The van der Waals surface area contributed by atoms with E-state index < -0.39 is 11.5 Å². The molecule has 0 aliphatic heterocycles. The molecule has 0 aromatic heterocycles. The zero-order valence-electron chi connectivity index (χ0n) is 10.1. The van der Waals surface area contributed by atoms with Gasteiger partial charge in [-0.1, -0.05) is 12.1 Å². The van der Waals surface area contributed by atoms with Crippen molar-refractivity contribution in [1.82, 2.24) is 5.32 Å². The summed E-state index contributed by atoms with van der Waals surface area (Å²) < 4.78 is 0. The summed E-state index contributed by atoms with van der Waals surface area (Å²) in [6.45, 7) is 3.43. The molecule has 1 amide bonds. The lowest BCUT2D eigenvalue weighted by atomic mass is 10.0. The second kappa shape index (κ2) is 4.97. The smallest absolute Gasteiger partial charge is 0.337 e. The van der Waals surface area contributed by atoms with Gasteiger partial charge in [-0.25, -0.2) is 4.79 Å². The van der Waals surface area contributed by atoms with Gasteiger partial charge in [0.05, 0.1) is 16.8 Å². The van der Waals surface area contributed by atoms with E-state index in [0.717, 1.165) is 0 Å². The van der Waals surface area contributed by atoms with Crippen LogP contribution in [-0.2, 0) is 4.79 Å². The zero-order valence-corrected chi connectivity index (χ0v) is 10.1. The number of carbonyl (C=O) groups is 2. The first-order chi connectivity index (χ1) is 7.88. The summed E-state index contributed by atoms with van der Waals surface area (Å²) in [6, 6.07) is 6.30. The molecule has 0 radical (unpaired) electrons. The largest absolute Gasteiger partial charge is 0.478 e. The summed E-state index contributed by atoms with van der Waals surface area (Å²) in [5.74, 6) is -1.35. The molecule has 0 aliphatic rings. The van der Waals surface area contributed by atoms with Gasteiger partial charge in [0.2, 0.25) is 5.91 Å². The van der Waals surface area contributed by atoms with Crippen molar-refractivity contribution in [3.63, 3.8) is 0 Å². The maximum Gasteiger partial charge on any atom is 0.337 e. The van der Waals surface area contributed by atoms with E-state index in [1.54, 1.807) is 39.1 Å². The van der Waals surface area contributed by atoms with Gasteiger partial charge in [0, 0.05) is 0 Å². The van der Waals surface area contributed by atoms with Crippen LogP contribution in [0.25, 0.3) is 0 Å². The molecule has 92 valence electrons. The lowest BCUT2D eigenvalue weighted by Gasteiger charge is -2.23. The van der Waals surface area contributed by atoms with E-state index >= 15 is 0 Å². The molecule has 17 heavy (non-hydrogen) atoms. The molecule has 0 spiro atoms. The number of para-hydroxylation sites is 1. The van der Waals surface area contributed by atoms with Gasteiger partial charge in [0.25, 0.3) is 0 Å². The summed E-state index contributed by atoms with van der Waals surface area (Å²) in [7, 11) is 1.67. The van der Waals surface area contributed by atoms with E-state index in [1.807, 2.05) is 0 Å². The predicted octanol–water partition coefficient (Wildman–Crippen LogP) is 1.32. The standard InChI is InChI=1S/C12H16N2O3/c1-12(2,13-3)11(17)14-9-7-5-4-6-8(9)10(15)16/h4-7,13H,1-3H3,(H,14,17)(H,15,16). The zero-order chi connectivity index (χ0) is 13.1. The molecule has 0 unspecified atom stereocenters. The molecule has 0 saturated carbocycles. The minimum atomic E-state index is -1.07. The van der Waals surface area contributed by atoms with Gasteiger partial charge in [-0.15, -0.1) is 0 Å². The van der Waals surface area contributed by atoms with Crippen LogP contribution in [0.1, 0.15) is 24.2 Å². The minimum absolute atomic E-state index is 0.0766. The molecular weight excluding hydrogens is 220 g/mol. The summed E-state index contributed by atoms with van der Waals surface area (Å²) in [4.78, 5) is 22.8. The summed E-state index contributed by atoms with van der Waals surface area (Å²) >= 11 is 0. The molecule has 5 nitrogen and oxygen atoms in total. The number of amides is 1. The number of aromatic carboxylic acids is 1. The molecule has 0 bridgehead atoms. The van der Waals surface area contributed by atoms with Gasteiger partial charge in [0.1, 0.15) is 0 Å². The normalized spacial score (nSPS) is 11.0. The molecule has 1 aromatic carbocycles. The van der Waals surface area contributed by atoms with Crippen LogP contribution in [0.2, 0.25) is 0 Å². The van der Waals surface area contributed by atoms with Crippen molar-refractivity contribution >= 4 is 17.6 Å². The molecule has 1 aromatic rings. The Morgan fingerprint density at radius 1 is 1.24 bits per heavy atom. The highest BCUT2D eigenvalue weighted by Gasteiger charge is 2.26. The molecule has 5 heteroatoms. The van der Waals surface area contributed by atoms with Crippen molar-refractivity contribution in [2.45, 2.75) is 19.4 Å². The van der Waals surface area contributed by atoms with E-state index in [2.05, 4.69) is 10.6 Å². The first kappa shape index (κ1) is 13.2. The van der Waals surface area contributed by atoms with Gasteiger partial charge in [-0.05, 0) is 33.0 Å². The monoisotopic (exact) mass is 236 g/mol.